The van der Waals surface area contributed by atoms with Crippen molar-refractivity contribution in [1.29, 1.82) is 0 Å². The van der Waals surface area contributed by atoms with E-state index in [1.807, 2.05) is 12.1 Å². The molecular formula is C44H66N2O4S. The zero-order chi connectivity index (χ0) is 36.8. The Morgan fingerprint density at radius 1 is 0.902 bits per heavy atom. The van der Waals surface area contributed by atoms with E-state index >= 15 is 0 Å². The van der Waals surface area contributed by atoms with Gasteiger partial charge in [-0.05, 0) is 165 Å². The highest BCUT2D eigenvalue weighted by Crippen LogP contribution is 2.76. The van der Waals surface area contributed by atoms with Crippen LogP contribution < -0.4 is 5.32 Å². The molecule has 1 heterocycles. The number of nitrogens with one attached hydrogen (secondary N) is 1. The van der Waals surface area contributed by atoms with E-state index in [-0.39, 0.29) is 32.4 Å². The average molecular weight is 719 g/mol. The molecule has 0 bridgehead atoms. The number of piperidine rings is 1. The highest BCUT2D eigenvalue weighted by molar-refractivity contribution is 7.91. The summed E-state index contributed by atoms with van der Waals surface area (Å²) in [7, 11) is -2.95. The maximum atomic E-state index is 12.1. The zero-order valence-electron chi connectivity index (χ0n) is 32.7. The van der Waals surface area contributed by atoms with Crippen LogP contribution in [-0.4, -0.2) is 67.6 Å². The molecule has 0 spiro atoms. The Bertz CT molecular complexity index is 1670. The first kappa shape index (κ1) is 37.4. The minimum Gasteiger partial charge on any atom is -0.478 e. The standard InChI is InChI=1S/C44H66N2O4S/c1-29(2)33-15-22-44(45-25-28-46-26-18-32(19-27-46)51(8,49)50)24-23-42(6)35(38(33)44)13-14-37-41(5)20-16-34(30-9-11-31(12-10-30)39(47)48)40(3,4)36(41)17-21-43(37,42)7/h9-12,16,32-33,35-38,45H,1,13-15,17-28H2,2-8H3,(H,47,48)/t33-,35+,36?,37?,38?,41-,42+,43+,44-/m0/s1. The van der Waals surface area contributed by atoms with Crippen molar-refractivity contribution in [2.75, 3.05) is 32.4 Å². The first-order chi connectivity index (χ1) is 23.9. The van der Waals surface area contributed by atoms with E-state index in [9.17, 15) is 18.3 Å². The van der Waals surface area contributed by atoms with Crippen molar-refractivity contribution in [3.8, 4) is 0 Å². The summed E-state index contributed by atoms with van der Waals surface area (Å²) in [5, 5.41) is 13.6. The molecule has 1 saturated heterocycles. The number of allylic oxidation sites excluding steroid dienone is 3. The Morgan fingerprint density at radius 2 is 1.59 bits per heavy atom. The molecule has 51 heavy (non-hydrogen) atoms. The Hall–Kier alpha value is -1.96. The van der Waals surface area contributed by atoms with Crippen molar-refractivity contribution in [3.05, 3.63) is 53.6 Å². The summed E-state index contributed by atoms with van der Waals surface area (Å²) in [5.41, 5.74) is 5.29. The normalized spacial score (nSPS) is 41.1. The number of carboxylic acid groups (broad SMARTS) is 1. The lowest BCUT2D eigenvalue weighted by Gasteiger charge is -2.72. The van der Waals surface area contributed by atoms with E-state index in [0.717, 1.165) is 45.4 Å². The topological polar surface area (TPSA) is 86.7 Å². The van der Waals surface area contributed by atoms with Crippen molar-refractivity contribution < 1.29 is 18.3 Å². The summed E-state index contributed by atoms with van der Waals surface area (Å²) in [6.07, 6.45) is 16.7. The average Bonchev–Trinajstić information content (AvgIpc) is 3.45. The quantitative estimate of drug-likeness (QED) is 0.261. The lowest BCUT2D eigenvalue weighted by molar-refractivity contribution is -0.219. The minimum absolute atomic E-state index is 0.0129. The Kier molecular flexibility index (Phi) is 9.40. The minimum atomic E-state index is -2.95. The first-order valence-electron chi connectivity index (χ1n) is 20.2. The summed E-state index contributed by atoms with van der Waals surface area (Å²) in [6, 6.07) is 7.60. The van der Waals surface area contributed by atoms with Crippen molar-refractivity contribution >= 4 is 21.4 Å². The lowest BCUT2D eigenvalue weighted by atomic mass is 9.33. The van der Waals surface area contributed by atoms with Crippen LogP contribution >= 0.6 is 0 Å². The third-order valence-corrected chi connectivity index (χ3v) is 18.8. The molecule has 1 aromatic rings. The molecule has 0 amide bonds. The third kappa shape index (κ3) is 5.84. The predicted molar refractivity (Wildman–Crippen MR) is 208 cm³/mol. The van der Waals surface area contributed by atoms with Gasteiger partial charge in [0.25, 0.3) is 0 Å². The molecule has 4 saturated carbocycles. The smallest absolute Gasteiger partial charge is 0.335 e. The molecule has 2 N–H and O–H groups in total. The van der Waals surface area contributed by atoms with E-state index in [1.54, 1.807) is 12.1 Å². The van der Waals surface area contributed by atoms with Gasteiger partial charge in [-0.15, -0.1) is 0 Å². The maximum absolute atomic E-state index is 12.1. The van der Waals surface area contributed by atoms with E-state index < -0.39 is 15.8 Å². The molecule has 3 unspecified atom stereocenters. The number of likely N-dealkylation sites (tertiary alicyclic amines) is 1. The zero-order valence-corrected chi connectivity index (χ0v) is 33.5. The Labute approximate surface area is 309 Å². The molecule has 7 heteroatoms. The molecule has 5 fully saturated rings. The van der Waals surface area contributed by atoms with Gasteiger partial charge >= 0.3 is 5.97 Å². The number of rotatable bonds is 8. The van der Waals surface area contributed by atoms with Crippen LogP contribution in [0.5, 0.6) is 0 Å². The van der Waals surface area contributed by atoms with Gasteiger partial charge in [0.15, 0.2) is 0 Å². The van der Waals surface area contributed by atoms with Gasteiger partial charge in [-0.2, -0.15) is 0 Å². The summed E-state index contributed by atoms with van der Waals surface area (Å²) in [5.74, 6) is 2.28. The second kappa shape index (κ2) is 12.8. The van der Waals surface area contributed by atoms with E-state index in [1.165, 1.54) is 74.3 Å². The Balaban J connectivity index is 1.12. The molecule has 5 aliphatic carbocycles. The fourth-order valence-corrected chi connectivity index (χ4v) is 15.4. The summed E-state index contributed by atoms with van der Waals surface area (Å²) in [4.78, 5) is 14.1. The maximum Gasteiger partial charge on any atom is 0.335 e. The number of hydrogen-bond donors (Lipinski definition) is 2. The molecule has 7 rings (SSSR count). The molecule has 9 atom stereocenters. The molecule has 6 aliphatic rings. The fraction of sp³-hybridized carbons (Fsp3) is 0.750. The summed E-state index contributed by atoms with van der Waals surface area (Å²) in [6.45, 7) is 23.7. The fourth-order valence-electron chi connectivity index (χ4n) is 14.4. The van der Waals surface area contributed by atoms with Gasteiger partial charge < -0.3 is 15.3 Å². The van der Waals surface area contributed by atoms with Crippen molar-refractivity contribution in [2.24, 2.45) is 51.2 Å². The van der Waals surface area contributed by atoms with Crippen LogP contribution in [0.2, 0.25) is 0 Å². The van der Waals surface area contributed by atoms with Gasteiger partial charge in [-0.25, -0.2) is 13.2 Å². The van der Waals surface area contributed by atoms with Crippen LogP contribution in [-0.2, 0) is 9.84 Å². The monoisotopic (exact) mass is 718 g/mol. The van der Waals surface area contributed by atoms with Gasteiger partial charge in [0.2, 0.25) is 0 Å². The molecule has 282 valence electrons. The molecular weight excluding hydrogens is 653 g/mol. The largest absolute Gasteiger partial charge is 0.478 e. The van der Waals surface area contributed by atoms with Gasteiger partial charge in [-0.1, -0.05) is 65.0 Å². The molecule has 6 nitrogen and oxygen atoms in total. The molecule has 0 aromatic heterocycles. The van der Waals surface area contributed by atoms with Crippen LogP contribution in [0.15, 0.2) is 42.5 Å². The lowest BCUT2D eigenvalue weighted by Crippen LogP contribution is -2.68. The number of nitrogens with zero attached hydrogens (tertiary/aromatic N) is 1. The highest BCUT2D eigenvalue weighted by atomic mass is 32.2. The van der Waals surface area contributed by atoms with Gasteiger partial charge in [0.1, 0.15) is 9.84 Å². The van der Waals surface area contributed by atoms with Crippen LogP contribution in [0.3, 0.4) is 0 Å². The first-order valence-corrected chi connectivity index (χ1v) is 22.2. The van der Waals surface area contributed by atoms with Crippen molar-refractivity contribution in [1.82, 2.24) is 10.2 Å². The second-order valence-corrected chi connectivity index (χ2v) is 21.9. The molecule has 1 aliphatic heterocycles. The number of sulfone groups is 1. The number of benzene rings is 1. The van der Waals surface area contributed by atoms with Crippen molar-refractivity contribution in [2.45, 2.75) is 123 Å². The predicted octanol–water partition coefficient (Wildman–Crippen LogP) is 8.89. The SMILES string of the molecule is C=C(C)[C@@H]1CC[C@]2(NCCN3CCC(S(C)(=O)=O)CC3)CC[C@]3(C)[C@H](CCC4[C@@]5(C)CC=C(c6ccc(C(=O)O)cc6)C(C)(C)C5CC[C@]43C)C12. The Morgan fingerprint density at radius 3 is 2.22 bits per heavy atom. The summed E-state index contributed by atoms with van der Waals surface area (Å²) >= 11 is 0. The second-order valence-electron chi connectivity index (χ2n) is 19.6. The van der Waals surface area contributed by atoms with E-state index in [2.05, 4.69) is 64.4 Å². The third-order valence-electron chi connectivity index (χ3n) is 17.1. The van der Waals surface area contributed by atoms with E-state index in [0.29, 0.717) is 35.2 Å². The highest BCUT2D eigenvalue weighted by Gasteiger charge is 2.70. The van der Waals surface area contributed by atoms with Crippen LogP contribution in [0.4, 0.5) is 0 Å². The number of hydrogen-bond acceptors (Lipinski definition) is 5. The van der Waals surface area contributed by atoms with Gasteiger partial charge in [-0.3, -0.25) is 0 Å². The van der Waals surface area contributed by atoms with Crippen LogP contribution in [0.25, 0.3) is 5.57 Å². The number of carbonyl (C=O) groups is 1. The molecule has 0 radical (unpaired) electrons. The molecule has 1 aromatic carbocycles. The number of aromatic carboxylic acids is 1. The number of carboxylic acids is 1. The van der Waals surface area contributed by atoms with Crippen LogP contribution in [0.1, 0.15) is 128 Å². The van der Waals surface area contributed by atoms with Crippen molar-refractivity contribution in [3.63, 3.8) is 0 Å². The van der Waals surface area contributed by atoms with Crippen LogP contribution in [0, 0.1) is 51.2 Å². The number of fused-ring (bicyclic) bond motifs is 7. The van der Waals surface area contributed by atoms with Gasteiger partial charge in [0.05, 0.1) is 10.8 Å². The van der Waals surface area contributed by atoms with E-state index in [4.69, 9.17) is 0 Å². The van der Waals surface area contributed by atoms with Gasteiger partial charge in [0, 0.05) is 24.9 Å². The summed E-state index contributed by atoms with van der Waals surface area (Å²) < 4.78 is 24.3.